The lowest BCUT2D eigenvalue weighted by atomic mass is 10.2. The summed E-state index contributed by atoms with van der Waals surface area (Å²) in [6, 6.07) is 0.234. The molecule has 0 saturated carbocycles. The fraction of sp³-hybridized carbons (Fsp3) is 0.800. The Kier molecular flexibility index (Phi) is 1.57. The third-order valence-corrected chi connectivity index (χ3v) is 1.25. The zero-order chi connectivity index (χ0) is 6.85. The Bertz CT molecular complexity index is 134. The van der Waals surface area contributed by atoms with Gasteiger partial charge < -0.3 is 16.2 Å². The Morgan fingerprint density at radius 1 is 1.89 bits per heavy atom. The maximum atomic E-state index is 8.94. The number of rotatable bonds is 0. The molecule has 9 heavy (non-hydrogen) atoms. The van der Waals surface area contributed by atoms with Gasteiger partial charge in [-0.2, -0.15) is 0 Å². The van der Waals surface area contributed by atoms with Crippen molar-refractivity contribution < 1.29 is 5.11 Å². The lowest BCUT2D eigenvalue weighted by Crippen LogP contribution is -2.44. The second-order valence-electron chi connectivity index (χ2n) is 2.28. The van der Waals surface area contributed by atoms with E-state index in [1.807, 2.05) is 6.92 Å². The highest BCUT2D eigenvalue weighted by Gasteiger charge is 2.14. The van der Waals surface area contributed by atoms with E-state index in [9.17, 15) is 0 Å². The van der Waals surface area contributed by atoms with Crippen LogP contribution in [-0.4, -0.2) is 23.3 Å². The van der Waals surface area contributed by atoms with Gasteiger partial charge in [0, 0.05) is 12.5 Å². The first kappa shape index (κ1) is 6.35. The van der Waals surface area contributed by atoms with Gasteiger partial charge in [-0.05, 0) is 6.92 Å². The molecule has 0 radical (unpaired) electrons. The van der Waals surface area contributed by atoms with E-state index in [0.717, 1.165) is 0 Å². The minimum Gasteiger partial charge on any atom is -0.372 e. The zero-order valence-corrected chi connectivity index (χ0v) is 5.33. The van der Waals surface area contributed by atoms with Gasteiger partial charge in [0.25, 0.3) is 0 Å². The second-order valence-corrected chi connectivity index (χ2v) is 2.28. The summed E-state index contributed by atoms with van der Waals surface area (Å²) in [5.41, 5.74) is 5.29. The fourth-order valence-corrected chi connectivity index (χ4v) is 0.878. The van der Waals surface area contributed by atoms with Crippen molar-refractivity contribution in [3.63, 3.8) is 0 Å². The smallest absolute Gasteiger partial charge is 0.191 e. The number of nitrogens with one attached hydrogen (secondary N) is 1. The third kappa shape index (κ3) is 1.57. The first-order valence-corrected chi connectivity index (χ1v) is 2.96. The molecule has 1 rings (SSSR count). The highest BCUT2D eigenvalue weighted by molar-refractivity contribution is 5.78. The van der Waals surface area contributed by atoms with E-state index in [0.29, 0.717) is 12.4 Å². The number of hydrogen-bond donors (Lipinski definition) is 3. The molecule has 4 heteroatoms. The summed E-state index contributed by atoms with van der Waals surface area (Å²) >= 11 is 0. The number of nitrogens with zero attached hydrogens (tertiary/aromatic N) is 1. The SMILES string of the molecule is C[C@H]1C[C@H](O)N=C(N)N1. The van der Waals surface area contributed by atoms with Crippen molar-refractivity contribution >= 4 is 5.96 Å². The molecule has 0 aromatic rings. The molecule has 0 fully saturated rings. The van der Waals surface area contributed by atoms with Crippen molar-refractivity contribution in [1.82, 2.24) is 5.32 Å². The maximum Gasteiger partial charge on any atom is 0.191 e. The van der Waals surface area contributed by atoms with Crippen LogP contribution in [0, 0.1) is 0 Å². The minimum absolute atomic E-state index is 0.234. The van der Waals surface area contributed by atoms with E-state index >= 15 is 0 Å². The lowest BCUT2D eigenvalue weighted by molar-refractivity contribution is 0.156. The molecule has 2 atom stereocenters. The number of aliphatic hydroxyl groups excluding tert-OH is 1. The van der Waals surface area contributed by atoms with Crippen LogP contribution in [0.25, 0.3) is 0 Å². The Hall–Kier alpha value is -0.770. The van der Waals surface area contributed by atoms with Gasteiger partial charge in [0.2, 0.25) is 0 Å². The molecular weight excluding hydrogens is 118 g/mol. The molecule has 4 N–H and O–H groups in total. The quantitative estimate of drug-likeness (QED) is 0.393. The summed E-state index contributed by atoms with van der Waals surface area (Å²) in [6.45, 7) is 1.95. The van der Waals surface area contributed by atoms with Gasteiger partial charge in [0.15, 0.2) is 12.2 Å². The van der Waals surface area contributed by atoms with Gasteiger partial charge >= 0.3 is 0 Å². The molecule has 0 saturated heterocycles. The summed E-state index contributed by atoms with van der Waals surface area (Å²) in [5.74, 6) is 0.334. The third-order valence-electron chi connectivity index (χ3n) is 1.25. The number of guanidine groups is 1. The zero-order valence-electron chi connectivity index (χ0n) is 5.33. The normalized spacial score (nSPS) is 35.1. The van der Waals surface area contributed by atoms with Crippen molar-refractivity contribution in [2.24, 2.45) is 10.7 Å². The van der Waals surface area contributed by atoms with Gasteiger partial charge in [0.1, 0.15) is 0 Å². The van der Waals surface area contributed by atoms with E-state index in [4.69, 9.17) is 10.8 Å². The maximum absolute atomic E-state index is 8.94. The summed E-state index contributed by atoms with van der Waals surface area (Å²) in [4.78, 5) is 3.67. The van der Waals surface area contributed by atoms with Gasteiger partial charge in [-0.25, -0.2) is 4.99 Å². The molecule has 52 valence electrons. The van der Waals surface area contributed by atoms with Crippen molar-refractivity contribution in [1.29, 1.82) is 0 Å². The predicted octanol–water partition coefficient (Wildman–Crippen LogP) is -0.999. The molecule has 0 aromatic heterocycles. The van der Waals surface area contributed by atoms with Gasteiger partial charge in [-0.3, -0.25) is 0 Å². The highest BCUT2D eigenvalue weighted by Crippen LogP contribution is 2.02. The van der Waals surface area contributed by atoms with E-state index < -0.39 is 6.23 Å². The van der Waals surface area contributed by atoms with Gasteiger partial charge in [-0.1, -0.05) is 0 Å². The Morgan fingerprint density at radius 2 is 2.56 bits per heavy atom. The summed E-state index contributed by atoms with van der Waals surface area (Å²) < 4.78 is 0. The van der Waals surface area contributed by atoms with E-state index in [1.54, 1.807) is 0 Å². The fourth-order valence-electron chi connectivity index (χ4n) is 0.878. The van der Waals surface area contributed by atoms with Crippen molar-refractivity contribution in [2.75, 3.05) is 0 Å². The largest absolute Gasteiger partial charge is 0.372 e. The molecule has 0 unspecified atom stereocenters. The van der Waals surface area contributed by atoms with E-state index in [2.05, 4.69) is 10.3 Å². The number of hydrogen-bond acceptors (Lipinski definition) is 4. The molecule has 4 nitrogen and oxygen atoms in total. The monoisotopic (exact) mass is 129 g/mol. The minimum atomic E-state index is -0.610. The Balaban J connectivity index is 2.56. The summed E-state index contributed by atoms with van der Waals surface area (Å²) in [6.07, 6.45) is 0.0296. The van der Waals surface area contributed by atoms with Gasteiger partial charge in [-0.15, -0.1) is 0 Å². The molecular formula is C5H11N3O. The highest BCUT2D eigenvalue weighted by atomic mass is 16.3. The first-order valence-electron chi connectivity index (χ1n) is 2.96. The van der Waals surface area contributed by atoms with E-state index in [1.165, 1.54) is 0 Å². The Labute approximate surface area is 53.8 Å². The molecule has 0 aromatic carbocycles. The van der Waals surface area contributed by atoms with Crippen LogP contribution in [0.5, 0.6) is 0 Å². The van der Waals surface area contributed by atoms with E-state index in [-0.39, 0.29) is 6.04 Å². The van der Waals surface area contributed by atoms with Crippen LogP contribution in [-0.2, 0) is 0 Å². The van der Waals surface area contributed by atoms with Crippen molar-refractivity contribution in [3.05, 3.63) is 0 Å². The Morgan fingerprint density at radius 3 is 3.00 bits per heavy atom. The van der Waals surface area contributed by atoms with Crippen LogP contribution in [0.1, 0.15) is 13.3 Å². The van der Waals surface area contributed by atoms with Crippen LogP contribution < -0.4 is 11.1 Å². The first-order chi connectivity index (χ1) is 4.18. The summed E-state index contributed by atoms with van der Waals surface area (Å²) in [5, 5.41) is 11.8. The van der Waals surface area contributed by atoms with Crippen molar-refractivity contribution in [3.8, 4) is 0 Å². The van der Waals surface area contributed by atoms with Crippen LogP contribution >= 0.6 is 0 Å². The molecule has 1 aliphatic rings. The predicted molar refractivity (Wildman–Crippen MR) is 34.8 cm³/mol. The topological polar surface area (TPSA) is 70.6 Å². The number of nitrogens with two attached hydrogens (primary N) is 1. The lowest BCUT2D eigenvalue weighted by Gasteiger charge is -2.21. The molecule has 0 aliphatic carbocycles. The van der Waals surface area contributed by atoms with Crippen LogP contribution in [0.15, 0.2) is 4.99 Å². The average Bonchev–Trinajstić information content (AvgIpc) is 1.59. The van der Waals surface area contributed by atoms with Crippen LogP contribution in [0.4, 0.5) is 0 Å². The summed E-state index contributed by atoms with van der Waals surface area (Å²) in [7, 11) is 0. The van der Waals surface area contributed by atoms with Gasteiger partial charge in [0.05, 0.1) is 0 Å². The molecule has 1 heterocycles. The van der Waals surface area contributed by atoms with Crippen LogP contribution in [0.3, 0.4) is 0 Å². The number of aliphatic hydroxyl groups is 1. The number of aliphatic imine (C=N–C) groups is 1. The van der Waals surface area contributed by atoms with Crippen molar-refractivity contribution in [2.45, 2.75) is 25.6 Å². The molecule has 0 bridgehead atoms. The molecule has 0 amide bonds. The average molecular weight is 129 g/mol. The second kappa shape index (κ2) is 2.23. The molecule has 0 spiro atoms. The molecule has 1 aliphatic heterocycles. The standard InChI is InChI=1S/C5H11N3O/c1-3-2-4(9)8-5(6)7-3/h3-4,9H,2H2,1H3,(H3,6,7,8)/t3-,4-/m0/s1. The van der Waals surface area contributed by atoms with Crippen LogP contribution in [0.2, 0.25) is 0 Å².